The second kappa shape index (κ2) is 2.86. The van der Waals surface area contributed by atoms with Crippen molar-refractivity contribution in [3.63, 3.8) is 0 Å². The lowest BCUT2D eigenvalue weighted by molar-refractivity contribution is -0.189. The Labute approximate surface area is 73.9 Å². The Kier molecular flexibility index (Phi) is 2.26. The normalized spacial score (nSPS) is 27.2. The summed E-state index contributed by atoms with van der Waals surface area (Å²) < 4.78 is 50.0. The lowest BCUT2D eigenvalue weighted by Gasteiger charge is -2.33. The molecule has 1 aliphatic carbocycles. The summed E-state index contributed by atoms with van der Waals surface area (Å²) in [5.41, 5.74) is -1.20. The topological polar surface area (TPSA) is 0 Å². The molecule has 13 heavy (non-hydrogen) atoms. The van der Waals surface area contributed by atoms with E-state index in [9.17, 15) is 17.6 Å². The summed E-state index contributed by atoms with van der Waals surface area (Å²) in [6.45, 7) is 2.74. The standard InChI is InChI=1S/C9H10F4/c1-8(2)5-3-4-6(10)7(8)9(11,12)13/h3-5,7H,1-2H3. The van der Waals surface area contributed by atoms with Gasteiger partial charge in [-0.25, -0.2) is 4.39 Å². The van der Waals surface area contributed by atoms with Crippen molar-refractivity contribution in [1.29, 1.82) is 0 Å². The Morgan fingerprint density at radius 1 is 1.31 bits per heavy atom. The van der Waals surface area contributed by atoms with Gasteiger partial charge in [-0.15, -0.1) is 0 Å². The van der Waals surface area contributed by atoms with Crippen LogP contribution in [0.25, 0.3) is 0 Å². The Bertz CT molecular complexity index is 257. The average Bonchev–Trinajstić information content (AvgIpc) is 1.79. The summed E-state index contributed by atoms with van der Waals surface area (Å²) >= 11 is 0. The number of allylic oxidation sites excluding steroid dienone is 4. The molecule has 1 atom stereocenters. The first kappa shape index (κ1) is 10.3. The number of hydrogen-bond acceptors (Lipinski definition) is 0. The maximum Gasteiger partial charge on any atom is 0.398 e. The maximum absolute atomic E-state index is 12.9. The van der Waals surface area contributed by atoms with Gasteiger partial charge >= 0.3 is 6.18 Å². The molecule has 0 aliphatic heterocycles. The molecule has 0 amide bonds. The Morgan fingerprint density at radius 2 is 1.85 bits per heavy atom. The molecule has 0 heterocycles. The SMILES string of the molecule is CC1(C)C=CC=C(F)C1C(F)(F)F. The Balaban J connectivity index is 3.07. The highest BCUT2D eigenvalue weighted by Crippen LogP contribution is 2.47. The van der Waals surface area contributed by atoms with Crippen LogP contribution in [-0.2, 0) is 0 Å². The summed E-state index contributed by atoms with van der Waals surface area (Å²) in [5.74, 6) is -3.12. The van der Waals surface area contributed by atoms with E-state index >= 15 is 0 Å². The molecule has 0 aromatic carbocycles. The van der Waals surface area contributed by atoms with Gasteiger partial charge in [0, 0.05) is 5.41 Å². The highest BCUT2D eigenvalue weighted by molar-refractivity contribution is 5.23. The van der Waals surface area contributed by atoms with E-state index in [0.717, 1.165) is 6.08 Å². The molecule has 0 bridgehead atoms. The Hall–Kier alpha value is -0.800. The fraction of sp³-hybridized carbons (Fsp3) is 0.556. The first-order valence-electron chi connectivity index (χ1n) is 3.87. The fourth-order valence-corrected chi connectivity index (χ4v) is 1.51. The minimum absolute atomic E-state index is 0.864. The van der Waals surface area contributed by atoms with Crippen molar-refractivity contribution in [2.45, 2.75) is 20.0 Å². The molecule has 0 aromatic rings. The molecule has 0 N–H and O–H groups in total. The predicted octanol–water partition coefficient (Wildman–Crippen LogP) is 3.61. The van der Waals surface area contributed by atoms with E-state index in [1.807, 2.05) is 0 Å². The molecule has 0 spiro atoms. The van der Waals surface area contributed by atoms with Crippen LogP contribution >= 0.6 is 0 Å². The zero-order chi connectivity index (χ0) is 10.3. The molecule has 0 nitrogen and oxygen atoms in total. The summed E-state index contributed by atoms with van der Waals surface area (Å²) in [6.07, 6.45) is -0.968. The molecule has 0 aromatic heterocycles. The number of hydrogen-bond donors (Lipinski definition) is 0. The minimum atomic E-state index is -4.52. The molecule has 0 fully saturated rings. The van der Waals surface area contributed by atoms with Crippen LogP contribution in [0.1, 0.15) is 13.8 Å². The minimum Gasteiger partial charge on any atom is -0.211 e. The van der Waals surface area contributed by atoms with Gasteiger partial charge in [-0.1, -0.05) is 26.0 Å². The van der Waals surface area contributed by atoms with E-state index in [2.05, 4.69) is 0 Å². The van der Waals surface area contributed by atoms with Crippen molar-refractivity contribution in [3.8, 4) is 0 Å². The maximum atomic E-state index is 12.9. The number of halogens is 4. The van der Waals surface area contributed by atoms with E-state index < -0.39 is 23.3 Å². The summed E-state index contributed by atoms with van der Waals surface area (Å²) in [5, 5.41) is 0. The van der Waals surface area contributed by atoms with Crippen LogP contribution in [-0.4, -0.2) is 6.18 Å². The molecule has 1 unspecified atom stereocenters. The molecule has 1 aliphatic rings. The molecule has 0 saturated carbocycles. The predicted molar refractivity (Wildman–Crippen MR) is 41.7 cm³/mol. The largest absolute Gasteiger partial charge is 0.398 e. The van der Waals surface area contributed by atoms with Crippen molar-refractivity contribution < 1.29 is 17.6 Å². The second-order valence-corrected chi connectivity index (χ2v) is 3.71. The lowest BCUT2D eigenvalue weighted by atomic mass is 9.75. The van der Waals surface area contributed by atoms with E-state index in [1.165, 1.54) is 26.0 Å². The van der Waals surface area contributed by atoms with Crippen molar-refractivity contribution in [2.75, 3.05) is 0 Å². The van der Waals surface area contributed by atoms with Gasteiger partial charge in [-0.2, -0.15) is 13.2 Å². The van der Waals surface area contributed by atoms with Crippen LogP contribution in [0, 0.1) is 11.3 Å². The van der Waals surface area contributed by atoms with Gasteiger partial charge in [0.2, 0.25) is 0 Å². The van der Waals surface area contributed by atoms with Crippen LogP contribution in [0.5, 0.6) is 0 Å². The molecule has 1 rings (SSSR count). The molecule has 0 radical (unpaired) electrons. The summed E-state index contributed by atoms with van der Waals surface area (Å²) in [7, 11) is 0. The first-order valence-corrected chi connectivity index (χ1v) is 3.87. The molecular weight excluding hydrogens is 184 g/mol. The summed E-state index contributed by atoms with van der Waals surface area (Å²) in [4.78, 5) is 0. The van der Waals surface area contributed by atoms with Gasteiger partial charge in [-0.05, 0) is 6.08 Å². The van der Waals surface area contributed by atoms with E-state index in [0.29, 0.717) is 0 Å². The quantitative estimate of drug-likeness (QED) is 0.517. The van der Waals surface area contributed by atoms with Gasteiger partial charge in [0.15, 0.2) is 0 Å². The van der Waals surface area contributed by atoms with Crippen molar-refractivity contribution >= 4 is 0 Å². The van der Waals surface area contributed by atoms with Crippen LogP contribution < -0.4 is 0 Å². The van der Waals surface area contributed by atoms with Gasteiger partial charge in [0.05, 0.1) is 0 Å². The number of rotatable bonds is 0. The Morgan fingerprint density at radius 3 is 2.15 bits per heavy atom. The molecule has 74 valence electrons. The lowest BCUT2D eigenvalue weighted by Crippen LogP contribution is -2.36. The highest BCUT2D eigenvalue weighted by Gasteiger charge is 2.51. The monoisotopic (exact) mass is 194 g/mol. The summed E-state index contributed by atoms with van der Waals surface area (Å²) in [6, 6.07) is 0. The van der Waals surface area contributed by atoms with Crippen molar-refractivity contribution in [1.82, 2.24) is 0 Å². The fourth-order valence-electron chi connectivity index (χ4n) is 1.51. The van der Waals surface area contributed by atoms with E-state index in [-0.39, 0.29) is 0 Å². The van der Waals surface area contributed by atoms with Gasteiger partial charge in [0.25, 0.3) is 0 Å². The third-order valence-corrected chi connectivity index (χ3v) is 2.13. The average molecular weight is 194 g/mol. The highest BCUT2D eigenvalue weighted by atomic mass is 19.4. The first-order chi connectivity index (χ1) is 5.75. The second-order valence-electron chi connectivity index (χ2n) is 3.71. The van der Waals surface area contributed by atoms with Gasteiger partial charge in [0.1, 0.15) is 11.7 Å². The van der Waals surface area contributed by atoms with Gasteiger partial charge in [-0.3, -0.25) is 0 Å². The van der Waals surface area contributed by atoms with Crippen LogP contribution in [0.15, 0.2) is 24.1 Å². The van der Waals surface area contributed by atoms with Gasteiger partial charge < -0.3 is 0 Å². The van der Waals surface area contributed by atoms with E-state index in [1.54, 1.807) is 0 Å². The zero-order valence-corrected chi connectivity index (χ0v) is 7.32. The van der Waals surface area contributed by atoms with Crippen LogP contribution in [0.2, 0.25) is 0 Å². The third kappa shape index (κ3) is 1.92. The van der Waals surface area contributed by atoms with E-state index in [4.69, 9.17) is 0 Å². The zero-order valence-electron chi connectivity index (χ0n) is 7.32. The molecular formula is C9H10F4. The van der Waals surface area contributed by atoms with Crippen LogP contribution in [0.4, 0.5) is 17.6 Å². The molecule has 4 heteroatoms. The smallest absolute Gasteiger partial charge is 0.211 e. The van der Waals surface area contributed by atoms with Crippen LogP contribution in [0.3, 0.4) is 0 Å². The van der Waals surface area contributed by atoms with Crippen molar-refractivity contribution in [3.05, 3.63) is 24.1 Å². The number of alkyl halides is 3. The van der Waals surface area contributed by atoms with Crippen molar-refractivity contribution in [2.24, 2.45) is 11.3 Å². The third-order valence-electron chi connectivity index (χ3n) is 2.13. The molecule has 0 saturated heterocycles.